The molecule has 1 saturated carbocycles. The fourth-order valence-electron chi connectivity index (χ4n) is 6.28. The van der Waals surface area contributed by atoms with Gasteiger partial charge in [-0.3, -0.25) is 4.98 Å². The number of benzene rings is 3. The molecule has 2 nitrogen and oxygen atoms in total. The van der Waals surface area contributed by atoms with Crippen molar-refractivity contribution in [2.24, 2.45) is 5.92 Å². The molecule has 0 saturated heterocycles. The summed E-state index contributed by atoms with van der Waals surface area (Å²) in [5.41, 5.74) is -3.21. The first-order chi connectivity index (χ1) is 22.7. The van der Waals surface area contributed by atoms with Crippen molar-refractivity contribution in [1.82, 2.24) is 4.98 Å². The number of aromatic nitrogens is 1. The van der Waals surface area contributed by atoms with Crippen molar-refractivity contribution in [3.05, 3.63) is 107 Å². The van der Waals surface area contributed by atoms with Crippen molar-refractivity contribution < 1.29 is 48.6 Å². The van der Waals surface area contributed by atoms with Gasteiger partial charge in [0, 0.05) is 29.5 Å². The van der Waals surface area contributed by atoms with E-state index >= 15 is 4.39 Å². The lowest BCUT2D eigenvalue weighted by Gasteiger charge is -2.28. The van der Waals surface area contributed by atoms with Crippen LogP contribution in [0.5, 0.6) is 5.75 Å². The van der Waals surface area contributed by atoms with E-state index in [1.165, 1.54) is 50.7 Å². The third-order valence-corrected chi connectivity index (χ3v) is 8.77. The maximum Gasteiger partial charge on any atom is 0.432 e. The summed E-state index contributed by atoms with van der Waals surface area (Å²) in [4.78, 5) is 4.49. The zero-order chi connectivity index (χ0) is 34.8. The minimum Gasteiger partial charge on any atom is -0.429 e. The third-order valence-electron chi connectivity index (χ3n) is 8.77. The lowest BCUT2D eigenvalue weighted by molar-refractivity contribution is -0.189. The predicted molar refractivity (Wildman–Crippen MR) is 160 cm³/mol. The van der Waals surface area contributed by atoms with E-state index in [2.05, 4.69) is 16.6 Å². The molecule has 1 aliphatic rings. The Morgan fingerprint density at radius 3 is 1.83 bits per heavy atom. The molecule has 48 heavy (non-hydrogen) atoms. The van der Waals surface area contributed by atoms with Crippen LogP contribution in [0.25, 0.3) is 22.4 Å². The normalized spacial score (nSPS) is 17.1. The van der Waals surface area contributed by atoms with Crippen LogP contribution in [-0.2, 0) is 12.3 Å². The van der Waals surface area contributed by atoms with Gasteiger partial charge in [-0.2, -0.15) is 22.0 Å². The van der Waals surface area contributed by atoms with Crippen LogP contribution in [0.1, 0.15) is 80.9 Å². The molecule has 12 heteroatoms. The molecule has 1 heterocycles. The zero-order valence-corrected chi connectivity index (χ0v) is 25.7. The first kappa shape index (κ1) is 35.2. The third kappa shape index (κ3) is 7.79. The highest BCUT2D eigenvalue weighted by atomic mass is 19.4. The smallest absolute Gasteiger partial charge is 0.429 e. The Morgan fingerprint density at radius 2 is 1.29 bits per heavy atom. The molecule has 256 valence electrons. The van der Waals surface area contributed by atoms with Crippen molar-refractivity contribution in [3.8, 4) is 28.1 Å². The topological polar surface area (TPSA) is 22.1 Å². The molecule has 0 atom stereocenters. The number of halogens is 10. The number of hydrogen-bond acceptors (Lipinski definition) is 2. The summed E-state index contributed by atoms with van der Waals surface area (Å²) < 4.78 is 145. The second-order valence-corrected chi connectivity index (χ2v) is 12.1. The van der Waals surface area contributed by atoms with Gasteiger partial charge < -0.3 is 4.74 Å². The summed E-state index contributed by atoms with van der Waals surface area (Å²) in [6.07, 6.45) is 0.853. The summed E-state index contributed by atoms with van der Waals surface area (Å²) in [5, 5.41) is 0. The van der Waals surface area contributed by atoms with Crippen LogP contribution in [-0.4, -0.2) is 4.98 Å². The number of unbranched alkanes of at least 4 members (excludes halogenated alkanes) is 2. The Labute approximate surface area is 270 Å². The Bertz CT molecular complexity index is 1700. The number of nitrogens with zero attached hydrogens (tertiary/aromatic N) is 1. The van der Waals surface area contributed by atoms with Gasteiger partial charge in [0.2, 0.25) is 0 Å². The molecule has 3 aromatic carbocycles. The van der Waals surface area contributed by atoms with E-state index in [-0.39, 0.29) is 17.7 Å². The average Bonchev–Trinajstić information content (AvgIpc) is 3.00. The van der Waals surface area contributed by atoms with E-state index in [1.54, 1.807) is 12.3 Å². The molecule has 0 radical (unpaired) electrons. The Hall–Kier alpha value is -4.09. The highest BCUT2D eigenvalue weighted by Gasteiger charge is 2.43. The highest BCUT2D eigenvalue weighted by molar-refractivity contribution is 5.70. The van der Waals surface area contributed by atoms with Crippen molar-refractivity contribution in [3.63, 3.8) is 0 Å². The first-order valence-corrected chi connectivity index (χ1v) is 15.6. The van der Waals surface area contributed by atoms with Gasteiger partial charge in [-0.1, -0.05) is 50.8 Å². The van der Waals surface area contributed by atoms with Gasteiger partial charge in [0.05, 0.1) is 5.69 Å². The fraction of sp³-hybridized carbons (Fsp3) is 0.361. The second kappa shape index (κ2) is 14.2. The monoisotopic (exact) mass is 683 g/mol. The van der Waals surface area contributed by atoms with Gasteiger partial charge in [0.15, 0.2) is 0 Å². The lowest BCUT2D eigenvalue weighted by atomic mass is 9.77. The number of alkyl halides is 5. The molecule has 0 amide bonds. The van der Waals surface area contributed by atoms with Crippen molar-refractivity contribution in [2.75, 3.05) is 0 Å². The van der Waals surface area contributed by atoms with Crippen LogP contribution in [0.3, 0.4) is 0 Å². The SMILES string of the molecule is CCCCCC1CCC(c2ccc(-c3ccc(-c4cc(F)c(C(F)(F)Oc5cc(F)c(C(F)(F)F)c(F)c5)c(F)c4)c(F)c3)nc2)CC1. The highest BCUT2D eigenvalue weighted by Crippen LogP contribution is 2.41. The zero-order valence-electron chi connectivity index (χ0n) is 25.7. The lowest BCUT2D eigenvalue weighted by Crippen LogP contribution is -2.25. The average molecular weight is 684 g/mol. The van der Waals surface area contributed by atoms with E-state index in [0.717, 1.165) is 30.4 Å². The van der Waals surface area contributed by atoms with Gasteiger partial charge in [0.25, 0.3) is 0 Å². The van der Waals surface area contributed by atoms with Gasteiger partial charge in [0.1, 0.15) is 46.0 Å². The van der Waals surface area contributed by atoms with E-state index in [4.69, 9.17) is 0 Å². The van der Waals surface area contributed by atoms with Crippen molar-refractivity contribution in [1.29, 1.82) is 0 Å². The largest absolute Gasteiger partial charge is 0.432 e. The molecule has 5 rings (SSSR count). The number of rotatable bonds is 10. The summed E-state index contributed by atoms with van der Waals surface area (Å²) in [6, 6.07) is 7.91. The number of ether oxygens (including phenoxy) is 1. The summed E-state index contributed by atoms with van der Waals surface area (Å²) >= 11 is 0. The van der Waals surface area contributed by atoms with Crippen LogP contribution >= 0.6 is 0 Å². The van der Waals surface area contributed by atoms with Gasteiger partial charge >= 0.3 is 12.3 Å². The van der Waals surface area contributed by atoms with E-state index in [1.807, 2.05) is 6.07 Å². The summed E-state index contributed by atoms with van der Waals surface area (Å²) in [7, 11) is 0. The number of pyridine rings is 1. The molecule has 1 aliphatic carbocycles. The quantitative estimate of drug-likeness (QED) is 0.123. The van der Waals surface area contributed by atoms with E-state index in [9.17, 15) is 39.5 Å². The van der Waals surface area contributed by atoms with Crippen molar-refractivity contribution >= 4 is 0 Å². The molecule has 0 N–H and O–H groups in total. The molecule has 1 aromatic heterocycles. The standard InChI is InChI=1S/C36H31F10NO/c1-2-3-4-5-20-6-8-21(9-7-20)23-11-13-32(47-19-23)22-10-12-26(27(37)14-22)24-15-28(38)34(29(39)16-24)36(45,46)48-25-17-30(40)33(31(41)18-25)35(42,43)44/h10-21H,2-9H2,1H3. The van der Waals surface area contributed by atoms with Gasteiger partial charge in [-0.15, -0.1) is 0 Å². The van der Waals surface area contributed by atoms with Crippen LogP contribution in [0, 0.1) is 35.0 Å². The first-order valence-electron chi connectivity index (χ1n) is 15.6. The minimum absolute atomic E-state index is 0.191. The molecule has 4 aromatic rings. The van der Waals surface area contributed by atoms with Crippen LogP contribution in [0.15, 0.2) is 60.8 Å². The van der Waals surface area contributed by atoms with Gasteiger partial charge in [-0.25, -0.2) is 22.0 Å². The van der Waals surface area contributed by atoms with E-state index < -0.39 is 63.8 Å². The second-order valence-electron chi connectivity index (χ2n) is 12.1. The molecule has 0 unspecified atom stereocenters. The van der Waals surface area contributed by atoms with Crippen molar-refractivity contribution in [2.45, 2.75) is 76.5 Å². The molecule has 0 bridgehead atoms. The number of hydrogen-bond donors (Lipinski definition) is 0. The van der Waals surface area contributed by atoms with Gasteiger partial charge in [-0.05, 0) is 72.9 Å². The van der Waals surface area contributed by atoms with Crippen LogP contribution in [0.2, 0.25) is 0 Å². The predicted octanol–water partition coefficient (Wildman–Crippen LogP) is 12.1. The fourth-order valence-corrected chi connectivity index (χ4v) is 6.28. The summed E-state index contributed by atoms with van der Waals surface area (Å²) in [5.74, 6) is -9.58. The Balaban J connectivity index is 1.30. The minimum atomic E-state index is -5.48. The van der Waals surface area contributed by atoms with E-state index in [0.29, 0.717) is 29.3 Å². The van der Waals surface area contributed by atoms with Crippen LogP contribution < -0.4 is 4.74 Å². The molecule has 0 spiro atoms. The Kier molecular flexibility index (Phi) is 10.4. The molecule has 1 fully saturated rings. The molecule has 0 aliphatic heterocycles. The van der Waals surface area contributed by atoms with Crippen LogP contribution in [0.4, 0.5) is 43.9 Å². The summed E-state index contributed by atoms with van der Waals surface area (Å²) in [6.45, 7) is 2.19. The Morgan fingerprint density at radius 1 is 0.688 bits per heavy atom. The molecular weight excluding hydrogens is 652 g/mol. The maximum absolute atomic E-state index is 15.2. The maximum atomic E-state index is 15.2. The molecular formula is C36H31F10NO.